The van der Waals surface area contributed by atoms with Crippen LogP contribution in [0, 0.1) is 0 Å². The molecular weight excluding hydrogens is 406 g/mol. The molecule has 1 heterocycles. The predicted octanol–water partition coefficient (Wildman–Crippen LogP) is 7.01. The van der Waals surface area contributed by atoms with Crippen molar-refractivity contribution < 1.29 is 9.47 Å². The molecule has 3 aromatic rings. The molecule has 162 valence electrons. The van der Waals surface area contributed by atoms with Gasteiger partial charge in [0.2, 0.25) is 0 Å². The fourth-order valence-electron chi connectivity index (χ4n) is 4.24. The number of hydrogen-bond donors (Lipinski definition) is 0. The van der Waals surface area contributed by atoms with Crippen LogP contribution in [0.4, 0.5) is 0 Å². The quantitative estimate of drug-likeness (QED) is 0.356. The van der Waals surface area contributed by atoms with Gasteiger partial charge in [0.1, 0.15) is 0 Å². The maximum atomic E-state index is 6.30. The summed E-state index contributed by atoms with van der Waals surface area (Å²) in [7, 11) is 1.69. The Morgan fingerprint density at radius 1 is 1.03 bits per heavy atom. The van der Waals surface area contributed by atoms with E-state index >= 15 is 0 Å². The average Bonchev–Trinajstić information content (AvgIpc) is 3.31. The summed E-state index contributed by atoms with van der Waals surface area (Å²) in [6.07, 6.45) is 9.70. The second-order valence-electron chi connectivity index (χ2n) is 7.86. The second-order valence-corrected chi connectivity index (χ2v) is 7.86. The summed E-state index contributed by atoms with van der Waals surface area (Å²) in [5.41, 5.74) is 4.50. The zero-order valence-electron chi connectivity index (χ0n) is 18.0. The van der Waals surface area contributed by atoms with Gasteiger partial charge in [0, 0.05) is 17.7 Å². The smallest absolute Gasteiger partial charge is 0.162 e. The van der Waals surface area contributed by atoms with E-state index in [1.807, 2.05) is 30.5 Å². The summed E-state index contributed by atoms with van der Waals surface area (Å²) in [5.74, 6) is 1.82. The molecule has 31 heavy (non-hydrogen) atoms. The summed E-state index contributed by atoms with van der Waals surface area (Å²) in [5, 5.41) is 0. The highest BCUT2D eigenvalue weighted by Crippen LogP contribution is 2.36. The normalized spacial score (nSPS) is 14.5. The van der Waals surface area contributed by atoms with Gasteiger partial charge in [0.15, 0.2) is 11.5 Å². The van der Waals surface area contributed by atoms with Gasteiger partial charge in [-0.25, -0.2) is 0 Å². The number of allylic oxidation sites excluding steroid dienone is 1. The van der Waals surface area contributed by atoms with Crippen molar-refractivity contribution in [3.63, 3.8) is 0 Å². The van der Waals surface area contributed by atoms with Gasteiger partial charge < -0.3 is 9.47 Å². The first-order valence-electron chi connectivity index (χ1n) is 10.7. The van der Waals surface area contributed by atoms with Gasteiger partial charge >= 0.3 is 0 Å². The number of ether oxygens (including phenoxy) is 2. The third-order valence-corrected chi connectivity index (χ3v) is 5.88. The Balaban J connectivity index is 0.00000272. The number of rotatable bonds is 8. The number of hydrogen-bond acceptors (Lipinski definition) is 3. The summed E-state index contributed by atoms with van der Waals surface area (Å²) in [6, 6.07) is 20.8. The first kappa shape index (κ1) is 22.9. The van der Waals surface area contributed by atoms with E-state index in [-0.39, 0.29) is 24.4 Å². The molecule has 0 bridgehead atoms. The van der Waals surface area contributed by atoms with Crippen LogP contribution in [-0.2, 0) is 6.42 Å². The van der Waals surface area contributed by atoms with Crippen LogP contribution in [0.3, 0.4) is 0 Å². The highest BCUT2D eigenvalue weighted by molar-refractivity contribution is 5.85. The minimum absolute atomic E-state index is 0. The third-order valence-electron chi connectivity index (χ3n) is 5.88. The number of aromatic nitrogens is 1. The third kappa shape index (κ3) is 5.48. The summed E-state index contributed by atoms with van der Waals surface area (Å²) in [6.45, 7) is 4.07. The van der Waals surface area contributed by atoms with Crippen LogP contribution in [0.1, 0.15) is 42.7 Å². The standard InChI is InChI=1S/C27H29NO2.ClH/c1-3-20(21-10-5-4-6-11-21)18-22-12-9-17-28-27(22)23-15-16-25(29-2)26(19-23)30-24-13-7-8-14-24;/h3-6,9-12,15-17,19-20,24H,1,7-8,13-14,18H2,2H3;1H/t20-;/m0./s1. The van der Waals surface area contributed by atoms with Crippen molar-refractivity contribution in [1.29, 1.82) is 0 Å². The van der Waals surface area contributed by atoms with Gasteiger partial charge in [-0.2, -0.15) is 0 Å². The van der Waals surface area contributed by atoms with Crippen LogP contribution in [-0.4, -0.2) is 18.2 Å². The zero-order valence-corrected chi connectivity index (χ0v) is 18.8. The van der Waals surface area contributed by atoms with E-state index < -0.39 is 0 Å². The van der Waals surface area contributed by atoms with E-state index in [2.05, 4.69) is 49.0 Å². The van der Waals surface area contributed by atoms with Crippen LogP contribution in [0.25, 0.3) is 11.3 Å². The summed E-state index contributed by atoms with van der Waals surface area (Å²) in [4.78, 5) is 4.73. The molecule has 1 saturated carbocycles. The monoisotopic (exact) mass is 435 g/mol. The molecule has 4 heteroatoms. The van der Waals surface area contributed by atoms with Crippen molar-refractivity contribution in [2.24, 2.45) is 0 Å². The Morgan fingerprint density at radius 3 is 2.52 bits per heavy atom. The SMILES string of the molecule is C=C[C@@H](Cc1cccnc1-c1ccc(OC)c(OC2CCCC2)c1)c1ccccc1.Cl. The van der Waals surface area contributed by atoms with Crippen molar-refractivity contribution in [3.8, 4) is 22.8 Å². The molecule has 3 nitrogen and oxygen atoms in total. The average molecular weight is 436 g/mol. The molecule has 0 spiro atoms. The summed E-state index contributed by atoms with van der Waals surface area (Å²) < 4.78 is 11.9. The van der Waals surface area contributed by atoms with E-state index in [9.17, 15) is 0 Å². The van der Waals surface area contributed by atoms with Crippen molar-refractivity contribution in [2.75, 3.05) is 7.11 Å². The zero-order chi connectivity index (χ0) is 20.8. The van der Waals surface area contributed by atoms with Gasteiger partial charge in [0.25, 0.3) is 0 Å². The Bertz CT molecular complexity index is 984. The molecule has 1 atom stereocenters. The molecule has 1 aromatic heterocycles. The van der Waals surface area contributed by atoms with Crippen LogP contribution in [0.2, 0.25) is 0 Å². The molecule has 0 saturated heterocycles. The van der Waals surface area contributed by atoms with Crippen LogP contribution in [0.5, 0.6) is 11.5 Å². The maximum absolute atomic E-state index is 6.30. The second kappa shape index (κ2) is 11.0. The van der Waals surface area contributed by atoms with E-state index in [0.29, 0.717) is 0 Å². The van der Waals surface area contributed by atoms with E-state index in [1.165, 1.54) is 24.0 Å². The van der Waals surface area contributed by atoms with E-state index in [0.717, 1.165) is 42.0 Å². The summed E-state index contributed by atoms with van der Waals surface area (Å²) >= 11 is 0. The molecule has 0 amide bonds. The van der Waals surface area contributed by atoms with Crippen molar-refractivity contribution in [3.05, 3.63) is 90.6 Å². The van der Waals surface area contributed by atoms with Crippen LogP contribution in [0.15, 0.2) is 79.5 Å². The molecule has 0 N–H and O–H groups in total. The number of nitrogens with zero attached hydrogens (tertiary/aromatic N) is 1. The van der Waals surface area contributed by atoms with E-state index in [4.69, 9.17) is 14.5 Å². The minimum atomic E-state index is 0. The molecule has 0 unspecified atom stereocenters. The van der Waals surface area contributed by atoms with Crippen molar-refractivity contribution in [2.45, 2.75) is 44.1 Å². The highest BCUT2D eigenvalue weighted by Gasteiger charge is 2.20. The molecular formula is C27H30ClNO2. The lowest BCUT2D eigenvalue weighted by molar-refractivity contribution is 0.201. The Labute approximate surface area is 191 Å². The van der Waals surface area contributed by atoms with Gasteiger partial charge in [-0.3, -0.25) is 4.98 Å². The highest BCUT2D eigenvalue weighted by atomic mass is 35.5. The van der Waals surface area contributed by atoms with Crippen molar-refractivity contribution >= 4 is 12.4 Å². The van der Waals surface area contributed by atoms with Gasteiger partial charge in [-0.05, 0) is 67.5 Å². The number of benzene rings is 2. The first-order valence-corrected chi connectivity index (χ1v) is 10.7. The number of halogens is 1. The molecule has 1 aliphatic rings. The molecule has 1 aliphatic carbocycles. The molecule has 0 radical (unpaired) electrons. The fourth-order valence-corrected chi connectivity index (χ4v) is 4.24. The lowest BCUT2D eigenvalue weighted by atomic mass is 9.90. The Kier molecular flexibility index (Phi) is 8.13. The minimum Gasteiger partial charge on any atom is -0.493 e. The molecule has 1 fully saturated rings. The predicted molar refractivity (Wildman–Crippen MR) is 129 cm³/mol. The largest absolute Gasteiger partial charge is 0.493 e. The van der Waals surface area contributed by atoms with E-state index in [1.54, 1.807) is 7.11 Å². The lowest BCUT2D eigenvalue weighted by Gasteiger charge is -2.18. The first-order chi connectivity index (χ1) is 14.8. The van der Waals surface area contributed by atoms with Crippen LogP contribution >= 0.6 is 12.4 Å². The topological polar surface area (TPSA) is 31.4 Å². The maximum Gasteiger partial charge on any atom is 0.162 e. The molecule has 2 aromatic carbocycles. The molecule has 4 rings (SSSR count). The Morgan fingerprint density at radius 2 is 1.81 bits per heavy atom. The number of methoxy groups -OCH3 is 1. The van der Waals surface area contributed by atoms with Gasteiger partial charge in [-0.15, -0.1) is 19.0 Å². The Hall–Kier alpha value is -2.78. The number of pyridine rings is 1. The van der Waals surface area contributed by atoms with Crippen LogP contribution < -0.4 is 9.47 Å². The van der Waals surface area contributed by atoms with Gasteiger partial charge in [0.05, 0.1) is 18.9 Å². The molecule has 0 aliphatic heterocycles. The lowest BCUT2D eigenvalue weighted by Crippen LogP contribution is -2.11. The van der Waals surface area contributed by atoms with Crippen molar-refractivity contribution in [1.82, 2.24) is 4.98 Å². The van der Waals surface area contributed by atoms with Gasteiger partial charge in [-0.1, -0.05) is 42.5 Å². The fraction of sp³-hybridized carbons (Fsp3) is 0.296.